The monoisotopic (exact) mass is 450 g/mol. The number of hydrogen-bond donors (Lipinski definition) is 2. The van der Waals surface area contributed by atoms with Crippen LogP contribution in [0.1, 0.15) is 27.4 Å². The molecule has 1 aromatic heterocycles. The summed E-state index contributed by atoms with van der Waals surface area (Å²) in [5.74, 6) is 1.06. The molecular formula is C29H26N2O3. The van der Waals surface area contributed by atoms with E-state index in [1.165, 1.54) is 0 Å². The highest BCUT2D eigenvalue weighted by atomic mass is 16.5. The summed E-state index contributed by atoms with van der Waals surface area (Å²) in [4.78, 5) is 16.5. The van der Waals surface area contributed by atoms with Gasteiger partial charge in [0, 0.05) is 40.7 Å². The molecule has 5 rings (SSSR count). The standard InChI is InChI=1S/C29H26N2O3/c1-33-27-13-7-11-23(28(27)34-2)25(24-17-30-26-12-6-5-10-22(24)26)18-31-29(32)21-15-14-19-8-3-4-9-20(19)16-21/h3-17,25,30H,18H2,1-2H3,(H,31,32). The van der Waals surface area contributed by atoms with Gasteiger partial charge in [0.15, 0.2) is 11.5 Å². The van der Waals surface area contributed by atoms with Crippen LogP contribution in [0, 0.1) is 0 Å². The first-order valence-corrected chi connectivity index (χ1v) is 11.2. The van der Waals surface area contributed by atoms with E-state index in [4.69, 9.17) is 9.47 Å². The van der Waals surface area contributed by atoms with Crippen molar-refractivity contribution in [1.82, 2.24) is 10.3 Å². The van der Waals surface area contributed by atoms with E-state index in [-0.39, 0.29) is 11.8 Å². The van der Waals surface area contributed by atoms with E-state index in [0.717, 1.165) is 32.8 Å². The molecule has 170 valence electrons. The Morgan fingerprint density at radius 1 is 0.853 bits per heavy atom. The lowest BCUT2D eigenvalue weighted by atomic mass is 9.89. The average Bonchev–Trinajstić information content (AvgIpc) is 3.32. The van der Waals surface area contributed by atoms with Gasteiger partial charge in [-0.25, -0.2) is 0 Å². The maximum Gasteiger partial charge on any atom is 0.251 e. The van der Waals surface area contributed by atoms with E-state index in [9.17, 15) is 4.79 Å². The number of H-pyrrole nitrogens is 1. The highest BCUT2D eigenvalue weighted by Crippen LogP contribution is 2.40. The molecule has 0 bridgehead atoms. The van der Waals surface area contributed by atoms with Crippen LogP contribution >= 0.6 is 0 Å². The number of ether oxygens (including phenoxy) is 2. The summed E-state index contributed by atoms with van der Waals surface area (Å²) >= 11 is 0. The molecule has 1 heterocycles. The number of methoxy groups -OCH3 is 2. The van der Waals surface area contributed by atoms with Crippen molar-refractivity contribution in [3.05, 3.63) is 108 Å². The third kappa shape index (κ3) is 3.97. The highest BCUT2D eigenvalue weighted by molar-refractivity contribution is 5.98. The molecule has 1 unspecified atom stereocenters. The number of rotatable bonds is 7. The Kier molecular flexibility index (Phi) is 5.91. The largest absolute Gasteiger partial charge is 0.493 e. The number of aromatic nitrogens is 1. The normalized spacial score (nSPS) is 11.9. The Morgan fingerprint density at radius 3 is 2.47 bits per heavy atom. The molecule has 0 aliphatic carbocycles. The van der Waals surface area contributed by atoms with Gasteiger partial charge in [0.1, 0.15) is 0 Å². The van der Waals surface area contributed by atoms with Crippen molar-refractivity contribution in [2.75, 3.05) is 20.8 Å². The number of nitrogens with one attached hydrogen (secondary N) is 2. The van der Waals surface area contributed by atoms with E-state index in [1.54, 1.807) is 14.2 Å². The number of aromatic amines is 1. The van der Waals surface area contributed by atoms with Crippen molar-refractivity contribution >= 4 is 27.6 Å². The van der Waals surface area contributed by atoms with Crippen molar-refractivity contribution in [2.24, 2.45) is 0 Å². The molecule has 5 heteroatoms. The van der Waals surface area contributed by atoms with Crippen LogP contribution in [0.3, 0.4) is 0 Å². The van der Waals surface area contributed by atoms with Crippen LogP contribution in [0.25, 0.3) is 21.7 Å². The predicted octanol–water partition coefficient (Wildman–Crippen LogP) is 5.90. The third-order valence-electron chi connectivity index (χ3n) is 6.28. The van der Waals surface area contributed by atoms with Crippen LogP contribution < -0.4 is 14.8 Å². The van der Waals surface area contributed by atoms with Gasteiger partial charge in [-0.05, 0) is 40.6 Å². The summed E-state index contributed by atoms with van der Waals surface area (Å²) in [6.07, 6.45) is 2.01. The molecule has 0 spiro atoms. The molecule has 1 amide bonds. The SMILES string of the molecule is COc1cccc(C(CNC(=O)c2ccc3ccccc3c2)c2c[nH]c3ccccc23)c1OC. The Bertz CT molecular complexity index is 1470. The van der Waals surface area contributed by atoms with Crippen LogP contribution in [0.5, 0.6) is 11.5 Å². The fourth-order valence-corrected chi connectivity index (χ4v) is 4.58. The first kappa shape index (κ1) is 21.6. The number of fused-ring (bicyclic) bond motifs is 2. The summed E-state index contributed by atoms with van der Waals surface area (Å²) in [6, 6.07) is 27.8. The van der Waals surface area contributed by atoms with Gasteiger partial charge in [-0.3, -0.25) is 4.79 Å². The molecule has 0 saturated carbocycles. The van der Waals surface area contributed by atoms with Gasteiger partial charge in [0.2, 0.25) is 0 Å². The summed E-state index contributed by atoms with van der Waals surface area (Å²) in [5, 5.41) is 6.41. The van der Waals surface area contributed by atoms with E-state index in [0.29, 0.717) is 23.6 Å². The Labute approximate surface area is 198 Å². The van der Waals surface area contributed by atoms with Gasteiger partial charge < -0.3 is 19.8 Å². The molecule has 0 saturated heterocycles. The molecular weight excluding hydrogens is 424 g/mol. The maximum atomic E-state index is 13.2. The number of amides is 1. The van der Waals surface area contributed by atoms with Crippen LogP contribution in [-0.4, -0.2) is 31.7 Å². The number of hydrogen-bond acceptors (Lipinski definition) is 3. The topological polar surface area (TPSA) is 63.3 Å². The van der Waals surface area contributed by atoms with E-state index >= 15 is 0 Å². The van der Waals surface area contributed by atoms with Gasteiger partial charge in [-0.2, -0.15) is 0 Å². The minimum Gasteiger partial charge on any atom is -0.493 e. The zero-order valence-electron chi connectivity index (χ0n) is 19.2. The zero-order chi connectivity index (χ0) is 23.5. The van der Waals surface area contributed by atoms with Gasteiger partial charge >= 0.3 is 0 Å². The predicted molar refractivity (Wildman–Crippen MR) is 136 cm³/mol. The van der Waals surface area contributed by atoms with E-state index in [1.807, 2.05) is 85.1 Å². The second kappa shape index (κ2) is 9.32. The van der Waals surface area contributed by atoms with Crippen LogP contribution in [-0.2, 0) is 0 Å². The molecule has 1 atom stereocenters. The minimum absolute atomic E-state index is 0.113. The summed E-state index contributed by atoms with van der Waals surface area (Å²) in [7, 11) is 3.27. The summed E-state index contributed by atoms with van der Waals surface area (Å²) in [6.45, 7) is 0.400. The van der Waals surface area contributed by atoms with Gasteiger partial charge in [-0.15, -0.1) is 0 Å². The molecule has 5 nitrogen and oxygen atoms in total. The Balaban J connectivity index is 1.52. The minimum atomic E-state index is -0.148. The molecule has 2 N–H and O–H groups in total. The zero-order valence-corrected chi connectivity index (χ0v) is 19.2. The van der Waals surface area contributed by atoms with Crippen LogP contribution in [0.15, 0.2) is 91.1 Å². The Morgan fingerprint density at radius 2 is 1.65 bits per heavy atom. The smallest absolute Gasteiger partial charge is 0.251 e. The van der Waals surface area contributed by atoms with Crippen molar-refractivity contribution in [3.63, 3.8) is 0 Å². The summed E-state index contributed by atoms with van der Waals surface area (Å²) < 4.78 is 11.3. The third-order valence-corrected chi connectivity index (χ3v) is 6.28. The quantitative estimate of drug-likeness (QED) is 0.324. The molecule has 0 aliphatic rings. The van der Waals surface area contributed by atoms with Crippen LogP contribution in [0.4, 0.5) is 0 Å². The molecule has 4 aromatic carbocycles. The average molecular weight is 451 g/mol. The first-order chi connectivity index (χ1) is 16.7. The number of benzene rings is 4. The lowest BCUT2D eigenvalue weighted by Crippen LogP contribution is -2.29. The first-order valence-electron chi connectivity index (χ1n) is 11.2. The Hall–Kier alpha value is -4.25. The van der Waals surface area contributed by atoms with Crippen molar-refractivity contribution in [3.8, 4) is 11.5 Å². The maximum absolute atomic E-state index is 13.2. The van der Waals surface area contributed by atoms with Gasteiger partial charge in [0.25, 0.3) is 5.91 Å². The lowest BCUT2D eigenvalue weighted by molar-refractivity contribution is 0.0952. The lowest BCUT2D eigenvalue weighted by Gasteiger charge is -2.22. The second-order valence-corrected chi connectivity index (χ2v) is 8.20. The van der Waals surface area contributed by atoms with Gasteiger partial charge in [-0.1, -0.05) is 60.7 Å². The highest BCUT2D eigenvalue weighted by Gasteiger charge is 2.24. The van der Waals surface area contributed by atoms with Gasteiger partial charge in [0.05, 0.1) is 14.2 Å². The molecule has 34 heavy (non-hydrogen) atoms. The number of carbonyl (C=O) groups excluding carboxylic acids is 1. The fraction of sp³-hybridized carbons (Fsp3) is 0.138. The fourth-order valence-electron chi connectivity index (χ4n) is 4.58. The van der Waals surface area contributed by atoms with E-state index < -0.39 is 0 Å². The molecule has 0 fully saturated rings. The summed E-state index contributed by atoms with van der Waals surface area (Å²) in [5.41, 5.74) is 3.71. The van der Waals surface area contributed by atoms with Crippen molar-refractivity contribution in [1.29, 1.82) is 0 Å². The van der Waals surface area contributed by atoms with E-state index in [2.05, 4.69) is 16.4 Å². The number of para-hydroxylation sites is 2. The number of carbonyl (C=O) groups is 1. The molecule has 0 radical (unpaired) electrons. The second-order valence-electron chi connectivity index (χ2n) is 8.20. The molecule has 0 aliphatic heterocycles. The van der Waals surface area contributed by atoms with Crippen LogP contribution in [0.2, 0.25) is 0 Å². The molecule has 5 aromatic rings. The van der Waals surface area contributed by atoms with Crippen molar-refractivity contribution in [2.45, 2.75) is 5.92 Å². The van der Waals surface area contributed by atoms with Crippen molar-refractivity contribution < 1.29 is 14.3 Å².